The highest BCUT2D eigenvalue weighted by Crippen LogP contribution is 2.43. The molecule has 2 nitrogen and oxygen atoms in total. The Kier molecular flexibility index (Phi) is 2.30. The van der Waals surface area contributed by atoms with E-state index in [4.69, 9.17) is 5.11 Å². The van der Waals surface area contributed by atoms with Crippen LogP contribution in [0.4, 0.5) is 0 Å². The number of thiophene rings is 1. The number of hydrogen-bond donors (Lipinski definition) is 1. The Balaban J connectivity index is 2.22. The number of aromatic carboxylic acids is 1. The van der Waals surface area contributed by atoms with Gasteiger partial charge in [-0.25, -0.2) is 4.79 Å². The Labute approximate surface area is 104 Å². The van der Waals surface area contributed by atoms with Gasteiger partial charge in [-0.3, -0.25) is 0 Å². The van der Waals surface area contributed by atoms with Gasteiger partial charge in [-0.05, 0) is 35.1 Å². The average molecular weight is 244 g/mol. The molecule has 1 heterocycles. The van der Waals surface area contributed by atoms with Crippen LogP contribution in [-0.4, -0.2) is 11.1 Å². The molecule has 1 aromatic heterocycles. The quantitative estimate of drug-likeness (QED) is 0.829. The van der Waals surface area contributed by atoms with Crippen LogP contribution in [0.5, 0.6) is 0 Å². The fourth-order valence-electron chi connectivity index (χ4n) is 2.49. The molecule has 1 aliphatic carbocycles. The van der Waals surface area contributed by atoms with Crippen LogP contribution in [0.2, 0.25) is 0 Å². The van der Waals surface area contributed by atoms with E-state index in [2.05, 4.69) is 19.1 Å². The topological polar surface area (TPSA) is 37.3 Å². The van der Waals surface area contributed by atoms with Crippen LogP contribution in [0.25, 0.3) is 10.4 Å². The summed E-state index contributed by atoms with van der Waals surface area (Å²) in [6.07, 6.45) is 0.941. The molecule has 0 saturated heterocycles. The highest BCUT2D eigenvalue weighted by Gasteiger charge is 2.24. The van der Waals surface area contributed by atoms with Crippen molar-refractivity contribution in [1.29, 1.82) is 0 Å². The van der Waals surface area contributed by atoms with E-state index in [1.807, 2.05) is 18.2 Å². The van der Waals surface area contributed by atoms with Crippen molar-refractivity contribution in [3.05, 3.63) is 46.3 Å². The SMILES string of the molecule is CC1Cc2cc(C(=O)O)sc2-c2ccccc21. The van der Waals surface area contributed by atoms with E-state index >= 15 is 0 Å². The predicted octanol–water partition coefficient (Wildman–Crippen LogP) is 3.77. The van der Waals surface area contributed by atoms with Crippen LogP contribution in [0.3, 0.4) is 0 Å². The zero-order valence-electron chi connectivity index (χ0n) is 9.43. The van der Waals surface area contributed by atoms with Gasteiger partial charge in [-0.2, -0.15) is 0 Å². The van der Waals surface area contributed by atoms with Crippen LogP contribution < -0.4 is 0 Å². The van der Waals surface area contributed by atoms with Gasteiger partial charge in [0.2, 0.25) is 0 Å². The first-order chi connectivity index (χ1) is 8.16. The van der Waals surface area contributed by atoms with Crippen LogP contribution in [-0.2, 0) is 6.42 Å². The Morgan fingerprint density at radius 3 is 2.94 bits per heavy atom. The first kappa shape index (κ1) is 10.5. The molecule has 0 aliphatic heterocycles. The predicted molar refractivity (Wildman–Crippen MR) is 68.8 cm³/mol. The summed E-state index contributed by atoms with van der Waals surface area (Å²) < 4.78 is 0. The van der Waals surface area contributed by atoms with E-state index in [0.29, 0.717) is 10.8 Å². The van der Waals surface area contributed by atoms with Crippen LogP contribution >= 0.6 is 11.3 Å². The second-order valence-corrected chi connectivity index (χ2v) is 5.51. The molecule has 0 radical (unpaired) electrons. The van der Waals surface area contributed by atoms with Gasteiger partial charge in [0.1, 0.15) is 4.88 Å². The third-order valence-electron chi connectivity index (χ3n) is 3.28. The van der Waals surface area contributed by atoms with Gasteiger partial charge in [0.05, 0.1) is 0 Å². The van der Waals surface area contributed by atoms with Crippen molar-refractivity contribution in [3.8, 4) is 10.4 Å². The number of carbonyl (C=O) groups is 1. The van der Waals surface area contributed by atoms with Gasteiger partial charge in [-0.1, -0.05) is 31.2 Å². The fraction of sp³-hybridized carbons (Fsp3) is 0.214. The Hall–Kier alpha value is -1.61. The van der Waals surface area contributed by atoms with Crippen LogP contribution in [0.15, 0.2) is 30.3 Å². The molecule has 2 aromatic rings. The lowest BCUT2D eigenvalue weighted by molar-refractivity contribution is 0.0702. The third-order valence-corrected chi connectivity index (χ3v) is 4.48. The lowest BCUT2D eigenvalue weighted by Gasteiger charge is -2.22. The summed E-state index contributed by atoms with van der Waals surface area (Å²) in [7, 11) is 0. The van der Waals surface area contributed by atoms with Crippen molar-refractivity contribution < 1.29 is 9.90 Å². The van der Waals surface area contributed by atoms with E-state index in [-0.39, 0.29) is 0 Å². The summed E-state index contributed by atoms with van der Waals surface area (Å²) in [6, 6.07) is 10.1. The number of hydrogen-bond acceptors (Lipinski definition) is 2. The van der Waals surface area contributed by atoms with Crippen molar-refractivity contribution in [3.63, 3.8) is 0 Å². The molecule has 0 bridgehead atoms. The highest BCUT2D eigenvalue weighted by molar-refractivity contribution is 7.17. The number of fused-ring (bicyclic) bond motifs is 3. The van der Waals surface area contributed by atoms with Crippen LogP contribution in [0.1, 0.15) is 33.6 Å². The third kappa shape index (κ3) is 1.58. The Morgan fingerprint density at radius 1 is 1.41 bits per heavy atom. The van der Waals surface area contributed by atoms with Gasteiger partial charge in [0.25, 0.3) is 0 Å². The number of carboxylic acids is 1. The lowest BCUT2D eigenvalue weighted by Crippen LogP contribution is -2.05. The minimum absolute atomic E-state index is 0.443. The van der Waals surface area contributed by atoms with Crippen molar-refractivity contribution in [2.24, 2.45) is 0 Å². The van der Waals surface area contributed by atoms with Gasteiger partial charge < -0.3 is 5.11 Å². The zero-order valence-corrected chi connectivity index (χ0v) is 10.3. The van der Waals surface area contributed by atoms with E-state index in [1.165, 1.54) is 28.0 Å². The maximum Gasteiger partial charge on any atom is 0.345 e. The van der Waals surface area contributed by atoms with Crippen molar-refractivity contribution in [2.75, 3.05) is 0 Å². The second kappa shape index (κ2) is 3.70. The van der Waals surface area contributed by atoms with Gasteiger partial charge in [0, 0.05) is 4.88 Å². The monoisotopic (exact) mass is 244 g/mol. The van der Waals surface area contributed by atoms with E-state index in [9.17, 15) is 4.79 Å². The molecule has 0 saturated carbocycles. The summed E-state index contributed by atoms with van der Waals surface area (Å²) in [4.78, 5) is 12.6. The molecule has 0 fully saturated rings. The smallest absolute Gasteiger partial charge is 0.345 e. The normalized spacial score (nSPS) is 17.4. The molecule has 86 valence electrons. The number of benzene rings is 1. The molecule has 0 spiro atoms. The molecule has 1 N–H and O–H groups in total. The minimum atomic E-state index is -0.825. The molecule has 3 heteroatoms. The maximum atomic E-state index is 11.0. The summed E-state index contributed by atoms with van der Waals surface area (Å²) in [5.74, 6) is -0.357. The molecule has 1 aromatic carbocycles. The Morgan fingerprint density at radius 2 is 2.18 bits per heavy atom. The maximum absolute atomic E-state index is 11.0. The van der Waals surface area contributed by atoms with Crippen LogP contribution in [0, 0.1) is 0 Å². The van der Waals surface area contributed by atoms with Gasteiger partial charge in [0.15, 0.2) is 0 Å². The fourth-order valence-corrected chi connectivity index (χ4v) is 3.56. The van der Waals surface area contributed by atoms with Crippen molar-refractivity contribution >= 4 is 17.3 Å². The van der Waals surface area contributed by atoms with Crippen molar-refractivity contribution in [1.82, 2.24) is 0 Å². The van der Waals surface area contributed by atoms with Gasteiger partial charge >= 0.3 is 5.97 Å². The minimum Gasteiger partial charge on any atom is -0.477 e. The summed E-state index contributed by atoms with van der Waals surface area (Å²) >= 11 is 1.39. The molecule has 1 atom stereocenters. The standard InChI is InChI=1S/C14H12O2S/c1-8-6-9-7-12(14(15)16)17-13(9)11-5-3-2-4-10(8)11/h2-5,7-8H,6H2,1H3,(H,15,16). The van der Waals surface area contributed by atoms with Gasteiger partial charge in [-0.15, -0.1) is 11.3 Å². The molecular weight excluding hydrogens is 232 g/mol. The zero-order chi connectivity index (χ0) is 12.0. The molecule has 1 unspecified atom stereocenters. The molecule has 17 heavy (non-hydrogen) atoms. The molecule has 3 rings (SSSR count). The summed E-state index contributed by atoms with van der Waals surface area (Å²) in [5, 5.41) is 9.06. The lowest BCUT2D eigenvalue weighted by atomic mass is 9.84. The molecule has 1 aliphatic rings. The largest absolute Gasteiger partial charge is 0.477 e. The number of rotatable bonds is 1. The summed E-state index contributed by atoms with van der Waals surface area (Å²) in [5.41, 5.74) is 3.72. The second-order valence-electron chi connectivity index (χ2n) is 4.46. The number of carboxylic acid groups (broad SMARTS) is 1. The average Bonchev–Trinajstić information content (AvgIpc) is 2.73. The highest BCUT2D eigenvalue weighted by atomic mass is 32.1. The van der Waals surface area contributed by atoms with Crippen molar-refractivity contribution in [2.45, 2.75) is 19.3 Å². The molecular formula is C14H12O2S. The van der Waals surface area contributed by atoms with E-state index in [1.54, 1.807) is 0 Å². The molecule has 0 amide bonds. The Bertz CT molecular complexity index is 598. The summed E-state index contributed by atoms with van der Waals surface area (Å²) in [6.45, 7) is 2.19. The first-order valence-electron chi connectivity index (χ1n) is 5.62. The van der Waals surface area contributed by atoms with E-state index in [0.717, 1.165) is 11.3 Å². The first-order valence-corrected chi connectivity index (χ1v) is 6.44. The van der Waals surface area contributed by atoms with E-state index < -0.39 is 5.97 Å².